The zero-order chi connectivity index (χ0) is 23.3. The normalized spacial score (nSPS) is 12.6. The van der Waals surface area contributed by atoms with Crippen LogP contribution in [0, 0.1) is 10.1 Å². The number of ether oxygens (including phenoxy) is 2. The molecule has 0 aliphatic rings. The lowest BCUT2D eigenvalue weighted by atomic mass is 10.1. The number of nitrogens with two attached hydrogens (primary N) is 1. The van der Waals surface area contributed by atoms with Crippen LogP contribution < -0.4 is 11.1 Å². The number of hydrogen-bond acceptors (Lipinski definition) is 8. The molecule has 10 heteroatoms. The fourth-order valence-corrected chi connectivity index (χ4v) is 2.40. The number of esters is 2. The number of nitrogens with one attached hydrogen (secondary N) is 1. The molecule has 1 rings (SSSR count). The zero-order valence-corrected chi connectivity index (χ0v) is 18.1. The number of nitro groups is 1. The van der Waals surface area contributed by atoms with E-state index in [-0.39, 0.29) is 24.1 Å². The minimum Gasteiger partial charge on any atom is -0.460 e. The average Bonchev–Trinajstić information content (AvgIpc) is 2.54. The molecule has 0 aliphatic heterocycles. The molecule has 1 amide bonds. The summed E-state index contributed by atoms with van der Waals surface area (Å²) in [6.45, 7) is 10.1. The molecule has 1 atom stereocenters. The highest BCUT2D eigenvalue weighted by atomic mass is 16.6. The summed E-state index contributed by atoms with van der Waals surface area (Å²) in [7, 11) is 0. The first-order valence-corrected chi connectivity index (χ1v) is 9.38. The topological polar surface area (TPSA) is 151 Å². The average molecular weight is 423 g/mol. The maximum absolute atomic E-state index is 12.7. The number of amides is 1. The van der Waals surface area contributed by atoms with Crippen LogP contribution in [0.2, 0.25) is 0 Å². The van der Waals surface area contributed by atoms with Gasteiger partial charge in [-0.25, -0.2) is 4.79 Å². The summed E-state index contributed by atoms with van der Waals surface area (Å²) >= 11 is 0. The van der Waals surface area contributed by atoms with Crippen LogP contribution >= 0.6 is 0 Å². The number of nitrogen functional groups attached to an aromatic ring is 1. The van der Waals surface area contributed by atoms with Gasteiger partial charge < -0.3 is 20.5 Å². The van der Waals surface area contributed by atoms with Gasteiger partial charge in [0.1, 0.15) is 22.8 Å². The Morgan fingerprint density at radius 3 is 2.17 bits per heavy atom. The summed E-state index contributed by atoms with van der Waals surface area (Å²) in [5.41, 5.74) is 3.37. The molecule has 0 radical (unpaired) electrons. The van der Waals surface area contributed by atoms with Crippen molar-refractivity contribution in [2.24, 2.45) is 0 Å². The van der Waals surface area contributed by atoms with E-state index in [1.165, 1.54) is 12.1 Å². The molecular weight excluding hydrogens is 394 g/mol. The van der Waals surface area contributed by atoms with Crippen LogP contribution in [0.5, 0.6) is 0 Å². The highest BCUT2D eigenvalue weighted by molar-refractivity contribution is 6.00. The van der Waals surface area contributed by atoms with E-state index in [4.69, 9.17) is 15.2 Å². The monoisotopic (exact) mass is 423 g/mol. The van der Waals surface area contributed by atoms with Crippen LogP contribution in [0.15, 0.2) is 18.2 Å². The maximum Gasteiger partial charge on any atom is 0.329 e. The number of carbonyl (C=O) groups excluding carboxylic acids is 3. The molecule has 0 fully saturated rings. The Hall–Kier alpha value is -3.17. The summed E-state index contributed by atoms with van der Waals surface area (Å²) in [4.78, 5) is 47.7. The smallest absolute Gasteiger partial charge is 0.329 e. The van der Waals surface area contributed by atoms with Crippen molar-refractivity contribution in [3.05, 3.63) is 33.9 Å². The van der Waals surface area contributed by atoms with Gasteiger partial charge in [-0.3, -0.25) is 19.7 Å². The summed E-state index contributed by atoms with van der Waals surface area (Å²) in [6, 6.07) is 2.38. The van der Waals surface area contributed by atoms with Crippen LogP contribution in [0.3, 0.4) is 0 Å². The lowest BCUT2D eigenvalue weighted by Crippen LogP contribution is -2.44. The van der Waals surface area contributed by atoms with Gasteiger partial charge in [0, 0.05) is 18.2 Å². The molecule has 0 saturated heterocycles. The van der Waals surface area contributed by atoms with Crippen LogP contribution in [-0.4, -0.2) is 40.0 Å². The van der Waals surface area contributed by atoms with Gasteiger partial charge in [0.05, 0.1) is 4.92 Å². The van der Waals surface area contributed by atoms with Crippen molar-refractivity contribution >= 4 is 29.2 Å². The number of benzene rings is 1. The molecule has 0 saturated carbocycles. The van der Waals surface area contributed by atoms with Crippen LogP contribution in [0.1, 0.15) is 64.7 Å². The number of rotatable bonds is 7. The van der Waals surface area contributed by atoms with Crippen molar-refractivity contribution in [3.8, 4) is 0 Å². The van der Waals surface area contributed by atoms with E-state index in [0.29, 0.717) is 0 Å². The van der Waals surface area contributed by atoms with E-state index >= 15 is 0 Å². The van der Waals surface area contributed by atoms with Gasteiger partial charge in [-0.15, -0.1) is 0 Å². The van der Waals surface area contributed by atoms with Gasteiger partial charge >= 0.3 is 11.9 Å². The van der Waals surface area contributed by atoms with Crippen LogP contribution in [-0.2, 0) is 19.1 Å². The van der Waals surface area contributed by atoms with Gasteiger partial charge in [-0.2, -0.15) is 0 Å². The Morgan fingerprint density at radius 1 is 1.10 bits per heavy atom. The van der Waals surface area contributed by atoms with Crippen LogP contribution in [0.4, 0.5) is 11.4 Å². The SMILES string of the molecule is CC(C)(C)OC(=O)CC[C@H](NC(=O)c1ccc(N)cc1[N+](=O)[O-])C(=O)OC(C)(C)C. The van der Waals surface area contributed by atoms with Gasteiger partial charge in [-0.1, -0.05) is 0 Å². The second kappa shape index (κ2) is 9.55. The van der Waals surface area contributed by atoms with E-state index in [9.17, 15) is 24.5 Å². The largest absolute Gasteiger partial charge is 0.460 e. The summed E-state index contributed by atoms with van der Waals surface area (Å²) in [5, 5.41) is 13.7. The predicted octanol–water partition coefficient (Wildman–Crippen LogP) is 2.74. The molecule has 1 aromatic carbocycles. The van der Waals surface area contributed by atoms with E-state index in [1.807, 2.05) is 0 Å². The lowest BCUT2D eigenvalue weighted by molar-refractivity contribution is -0.385. The minimum atomic E-state index is -1.21. The van der Waals surface area contributed by atoms with Crippen LogP contribution in [0.25, 0.3) is 0 Å². The maximum atomic E-state index is 12.7. The molecule has 0 aliphatic carbocycles. The van der Waals surface area contributed by atoms with Gasteiger partial charge in [0.25, 0.3) is 11.6 Å². The molecule has 0 spiro atoms. The quantitative estimate of drug-likeness (QED) is 0.294. The fourth-order valence-electron chi connectivity index (χ4n) is 2.40. The van der Waals surface area contributed by atoms with Crippen molar-refractivity contribution in [1.82, 2.24) is 5.32 Å². The molecule has 0 aromatic heterocycles. The Bertz CT molecular complexity index is 823. The third kappa shape index (κ3) is 8.46. The second-order valence-corrected chi connectivity index (χ2v) is 8.72. The van der Waals surface area contributed by atoms with E-state index in [0.717, 1.165) is 6.07 Å². The number of carbonyl (C=O) groups is 3. The van der Waals surface area contributed by atoms with Crippen molar-refractivity contribution < 1.29 is 28.8 Å². The summed E-state index contributed by atoms with van der Waals surface area (Å²) < 4.78 is 10.5. The second-order valence-electron chi connectivity index (χ2n) is 8.72. The first kappa shape index (κ1) is 24.9. The molecule has 30 heavy (non-hydrogen) atoms. The number of nitrogens with zero attached hydrogens (tertiary/aromatic N) is 1. The molecule has 3 N–H and O–H groups in total. The molecule has 1 aromatic rings. The first-order chi connectivity index (χ1) is 13.6. The lowest BCUT2D eigenvalue weighted by Gasteiger charge is -2.25. The first-order valence-electron chi connectivity index (χ1n) is 9.38. The predicted molar refractivity (Wildman–Crippen MR) is 110 cm³/mol. The third-order valence-corrected chi connectivity index (χ3v) is 3.52. The summed E-state index contributed by atoms with van der Waals surface area (Å²) in [5.74, 6) is -2.18. The van der Waals surface area contributed by atoms with Crippen molar-refractivity contribution in [3.63, 3.8) is 0 Å². The van der Waals surface area contributed by atoms with E-state index in [1.54, 1.807) is 41.5 Å². The molecular formula is C20H29N3O7. The Balaban J connectivity index is 3.05. The third-order valence-electron chi connectivity index (χ3n) is 3.52. The van der Waals surface area contributed by atoms with Gasteiger partial charge in [-0.05, 0) is 60.1 Å². The minimum absolute atomic E-state index is 0.0989. The van der Waals surface area contributed by atoms with Crippen molar-refractivity contribution in [2.45, 2.75) is 71.6 Å². The standard InChI is InChI=1S/C20H29N3O7/c1-19(2,3)29-16(24)10-9-14(18(26)30-20(4,5)6)22-17(25)13-8-7-12(21)11-15(13)23(27)28/h7-8,11,14H,9-10,21H2,1-6H3,(H,22,25)/t14-/m0/s1. The Labute approximate surface area is 175 Å². The fraction of sp³-hybridized carbons (Fsp3) is 0.550. The Kier molecular flexibility index (Phi) is 7.92. The molecule has 0 unspecified atom stereocenters. The Morgan fingerprint density at radius 2 is 1.67 bits per heavy atom. The number of anilines is 1. The van der Waals surface area contributed by atoms with Crippen molar-refractivity contribution in [2.75, 3.05) is 5.73 Å². The van der Waals surface area contributed by atoms with Gasteiger partial charge in [0.15, 0.2) is 0 Å². The van der Waals surface area contributed by atoms with E-state index in [2.05, 4.69) is 5.32 Å². The van der Waals surface area contributed by atoms with E-state index < -0.39 is 45.7 Å². The molecule has 166 valence electrons. The number of nitro benzene ring substituents is 1. The highest BCUT2D eigenvalue weighted by Crippen LogP contribution is 2.22. The molecule has 0 heterocycles. The molecule has 0 bridgehead atoms. The number of hydrogen-bond donors (Lipinski definition) is 2. The van der Waals surface area contributed by atoms with Gasteiger partial charge in [0.2, 0.25) is 0 Å². The summed E-state index contributed by atoms with van der Waals surface area (Å²) in [6.07, 6.45) is -0.260. The highest BCUT2D eigenvalue weighted by Gasteiger charge is 2.30. The zero-order valence-electron chi connectivity index (χ0n) is 18.1. The van der Waals surface area contributed by atoms with Crippen molar-refractivity contribution in [1.29, 1.82) is 0 Å². The molecule has 10 nitrogen and oxygen atoms in total.